The van der Waals surface area contributed by atoms with Gasteiger partial charge in [0, 0.05) is 6.04 Å². The number of rotatable bonds is 2. The highest BCUT2D eigenvalue weighted by Gasteiger charge is 2.14. The van der Waals surface area contributed by atoms with Crippen LogP contribution in [-0.4, -0.2) is 29.0 Å². The SMILES string of the molecule is C=CCOC(=O)O.NC1CCc2ccc(O)cc2C1. The number of hydrogen-bond acceptors (Lipinski definition) is 4. The van der Waals surface area contributed by atoms with Crippen molar-refractivity contribution in [1.29, 1.82) is 0 Å². The molecule has 0 spiro atoms. The molecule has 0 aromatic heterocycles. The van der Waals surface area contributed by atoms with Crippen LogP contribution in [0.4, 0.5) is 4.79 Å². The molecule has 0 saturated carbocycles. The molecule has 0 saturated heterocycles. The summed E-state index contributed by atoms with van der Waals surface area (Å²) in [5, 5.41) is 17.0. The van der Waals surface area contributed by atoms with Crippen LogP contribution in [0.25, 0.3) is 0 Å². The van der Waals surface area contributed by atoms with Crippen molar-refractivity contribution >= 4 is 6.16 Å². The van der Waals surface area contributed by atoms with E-state index in [0.29, 0.717) is 5.75 Å². The van der Waals surface area contributed by atoms with Gasteiger partial charge >= 0.3 is 6.16 Å². The molecule has 5 heteroatoms. The molecule has 2 rings (SSSR count). The molecule has 104 valence electrons. The number of fused-ring (bicyclic) bond motifs is 1. The Labute approximate surface area is 112 Å². The monoisotopic (exact) mass is 265 g/mol. The van der Waals surface area contributed by atoms with Crippen LogP contribution in [0, 0.1) is 0 Å². The normalized spacial score (nSPS) is 16.6. The quantitative estimate of drug-likeness (QED) is 0.562. The molecule has 1 unspecified atom stereocenters. The van der Waals surface area contributed by atoms with Crippen molar-refractivity contribution < 1.29 is 19.7 Å². The number of aromatic hydroxyl groups is 1. The summed E-state index contributed by atoms with van der Waals surface area (Å²) in [5.41, 5.74) is 8.38. The number of carboxylic acid groups (broad SMARTS) is 1. The number of carbonyl (C=O) groups is 1. The van der Waals surface area contributed by atoms with Crippen LogP contribution >= 0.6 is 0 Å². The van der Waals surface area contributed by atoms with E-state index in [-0.39, 0.29) is 12.6 Å². The summed E-state index contributed by atoms with van der Waals surface area (Å²) in [4.78, 5) is 9.49. The van der Waals surface area contributed by atoms with Crippen LogP contribution in [0.1, 0.15) is 17.5 Å². The summed E-state index contributed by atoms with van der Waals surface area (Å²) in [6, 6.07) is 5.85. The van der Waals surface area contributed by atoms with Gasteiger partial charge in [-0.15, -0.1) is 0 Å². The van der Waals surface area contributed by atoms with E-state index in [0.717, 1.165) is 19.3 Å². The van der Waals surface area contributed by atoms with Gasteiger partial charge in [-0.1, -0.05) is 18.7 Å². The van der Waals surface area contributed by atoms with Crippen molar-refractivity contribution in [2.75, 3.05) is 6.61 Å². The standard InChI is InChI=1S/C10H13NO.C4H6O3/c11-9-3-1-7-2-4-10(12)6-8(7)5-9;1-2-3-7-4(5)6/h2,4,6,9,12H,1,3,5,11H2;2H,1,3H2,(H,5,6). The van der Waals surface area contributed by atoms with Gasteiger partial charge in [0.05, 0.1) is 0 Å². The molecule has 0 amide bonds. The molecule has 1 aliphatic carbocycles. The molecule has 1 aromatic carbocycles. The molecule has 1 aliphatic rings. The average Bonchev–Trinajstić information content (AvgIpc) is 2.36. The van der Waals surface area contributed by atoms with Crippen LogP contribution in [0.3, 0.4) is 0 Å². The van der Waals surface area contributed by atoms with Gasteiger partial charge in [-0.2, -0.15) is 0 Å². The van der Waals surface area contributed by atoms with Crippen molar-refractivity contribution in [2.24, 2.45) is 5.73 Å². The molecule has 0 heterocycles. The maximum Gasteiger partial charge on any atom is 0.506 e. The first-order valence-corrected chi connectivity index (χ1v) is 6.06. The predicted octanol–water partition coefficient (Wildman–Crippen LogP) is 2.08. The fraction of sp³-hybridized carbons (Fsp3) is 0.357. The zero-order chi connectivity index (χ0) is 14.3. The molecule has 0 fully saturated rings. The molecule has 19 heavy (non-hydrogen) atoms. The van der Waals surface area contributed by atoms with Crippen molar-refractivity contribution in [3.63, 3.8) is 0 Å². The van der Waals surface area contributed by atoms with E-state index in [4.69, 9.17) is 10.8 Å². The zero-order valence-corrected chi connectivity index (χ0v) is 10.7. The van der Waals surface area contributed by atoms with E-state index in [1.165, 1.54) is 17.2 Å². The highest BCUT2D eigenvalue weighted by atomic mass is 16.7. The molecular weight excluding hydrogens is 246 g/mol. The van der Waals surface area contributed by atoms with Gasteiger partial charge in [-0.05, 0) is 42.5 Å². The fourth-order valence-electron chi connectivity index (χ4n) is 1.90. The first-order chi connectivity index (χ1) is 9.02. The van der Waals surface area contributed by atoms with Gasteiger partial charge in [0.2, 0.25) is 0 Å². The van der Waals surface area contributed by atoms with Gasteiger partial charge in [-0.3, -0.25) is 0 Å². The molecule has 5 nitrogen and oxygen atoms in total. The Bertz CT molecular complexity index is 445. The summed E-state index contributed by atoms with van der Waals surface area (Å²) in [5.74, 6) is 0.350. The number of phenolic OH excluding ortho intramolecular Hbond substituents is 1. The molecule has 0 aliphatic heterocycles. The minimum Gasteiger partial charge on any atom is -0.508 e. The average molecular weight is 265 g/mol. The smallest absolute Gasteiger partial charge is 0.506 e. The van der Waals surface area contributed by atoms with E-state index in [1.807, 2.05) is 12.1 Å². The second kappa shape index (κ2) is 7.43. The first kappa shape index (κ1) is 15.0. The maximum atomic E-state index is 9.49. The summed E-state index contributed by atoms with van der Waals surface area (Å²) < 4.78 is 3.99. The predicted molar refractivity (Wildman–Crippen MR) is 72.3 cm³/mol. The Morgan fingerprint density at radius 1 is 1.53 bits per heavy atom. The Morgan fingerprint density at radius 2 is 2.26 bits per heavy atom. The summed E-state index contributed by atoms with van der Waals surface area (Å²) >= 11 is 0. The highest BCUT2D eigenvalue weighted by molar-refractivity contribution is 5.56. The number of ether oxygens (including phenoxy) is 1. The number of phenols is 1. The van der Waals surface area contributed by atoms with Crippen molar-refractivity contribution in [3.05, 3.63) is 42.0 Å². The van der Waals surface area contributed by atoms with Crippen molar-refractivity contribution in [2.45, 2.75) is 25.3 Å². The third-order valence-corrected chi connectivity index (χ3v) is 2.78. The third-order valence-electron chi connectivity index (χ3n) is 2.78. The van der Waals surface area contributed by atoms with Gasteiger partial charge in [0.25, 0.3) is 0 Å². The van der Waals surface area contributed by atoms with Crippen molar-refractivity contribution in [3.8, 4) is 5.75 Å². The molecule has 1 aromatic rings. The van der Waals surface area contributed by atoms with Crippen LogP contribution < -0.4 is 5.73 Å². The third kappa shape index (κ3) is 5.44. The topological polar surface area (TPSA) is 92.8 Å². The maximum absolute atomic E-state index is 9.49. The van der Waals surface area contributed by atoms with E-state index >= 15 is 0 Å². The van der Waals surface area contributed by atoms with E-state index in [2.05, 4.69) is 11.3 Å². The van der Waals surface area contributed by atoms with E-state index in [9.17, 15) is 9.90 Å². The number of aryl methyl sites for hydroxylation is 1. The lowest BCUT2D eigenvalue weighted by molar-refractivity contribution is 0.102. The summed E-state index contributed by atoms with van der Waals surface area (Å²) in [7, 11) is 0. The number of hydrogen-bond donors (Lipinski definition) is 3. The Balaban J connectivity index is 0.000000224. The van der Waals surface area contributed by atoms with Crippen LogP contribution in [-0.2, 0) is 17.6 Å². The van der Waals surface area contributed by atoms with E-state index in [1.54, 1.807) is 6.07 Å². The Hall–Kier alpha value is -2.01. The largest absolute Gasteiger partial charge is 0.508 e. The molecule has 0 bridgehead atoms. The summed E-state index contributed by atoms with van der Waals surface area (Å²) in [6.45, 7) is 3.31. The van der Waals surface area contributed by atoms with Crippen molar-refractivity contribution in [1.82, 2.24) is 0 Å². The number of nitrogens with two attached hydrogens (primary N) is 1. The molecule has 1 atom stereocenters. The van der Waals surface area contributed by atoms with Crippen LogP contribution in [0.15, 0.2) is 30.9 Å². The molecule has 0 radical (unpaired) electrons. The Morgan fingerprint density at radius 3 is 2.84 bits per heavy atom. The zero-order valence-electron chi connectivity index (χ0n) is 10.7. The minimum atomic E-state index is -1.26. The van der Waals surface area contributed by atoms with Crippen LogP contribution in [0.5, 0.6) is 5.75 Å². The highest BCUT2D eigenvalue weighted by Crippen LogP contribution is 2.23. The Kier molecular flexibility index (Phi) is 5.89. The second-order valence-electron chi connectivity index (χ2n) is 4.32. The van der Waals surface area contributed by atoms with Gasteiger partial charge < -0.3 is 20.7 Å². The molecular formula is C14H19NO4. The lowest BCUT2D eigenvalue weighted by Gasteiger charge is -2.21. The van der Waals surface area contributed by atoms with Gasteiger partial charge in [0.15, 0.2) is 0 Å². The lowest BCUT2D eigenvalue weighted by atomic mass is 9.89. The fourth-order valence-corrected chi connectivity index (χ4v) is 1.90. The van der Waals surface area contributed by atoms with Gasteiger partial charge in [-0.25, -0.2) is 4.79 Å². The van der Waals surface area contributed by atoms with E-state index < -0.39 is 6.16 Å². The molecule has 4 N–H and O–H groups in total. The van der Waals surface area contributed by atoms with Crippen LogP contribution in [0.2, 0.25) is 0 Å². The minimum absolute atomic E-state index is 0.0648. The van der Waals surface area contributed by atoms with Gasteiger partial charge in [0.1, 0.15) is 12.4 Å². The number of benzene rings is 1. The lowest BCUT2D eigenvalue weighted by Crippen LogP contribution is -2.27. The summed E-state index contributed by atoms with van der Waals surface area (Å²) in [6.07, 6.45) is 3.13. The second-order valence-corrected chi connectivity index (χ2v) is 4.32. The first-order valence-electron chi connectivity index (χ1n) is 6.06.